The van der Waals surface area contributed by atoms with E-state index in [0.717, 1.165) is 21.3 Å². The quantitative estimate of drug-likeness (QED) is 0.515. The molecule has 0 radical (unpaired) electrons. The van der Waals surface area contributed by atoms with Gasteiger partial charge in [-0.3, -0.25) is 20.2 Å². The summed E-state index contributed by atoms with van der Waals surface area (Å²) in [6.07, 6.45) is 0. The molecule has 1 N–H and O–H groups in total. The molecule has 1 aliphatic heterocycles. The average molecular weight is 412 g/mol. The van der Waals surface area contributed by atoms with Crippen molar-refractivity contribution in [1.82, 2.24) is 4.98 Å². The van der Waals surface area contributed by atoms with E-state index in [-0.39, 0.29) is 11.3 Å². The zero-order valence-corrected chi connectivity index (χ0v) is 16.9. The third-order valence-corrected chi connectivity index (χ3v) is 6.05. The molecule has 1 aromatic heterocycles. The number of carbonyl (C=O) groups is 1. The zero-order chi connectivity index (χ0) is 20.5. The molecule has 0 unspecified atom stereocenters. The highest BCUT2D eigenvalue weighted by atomic mass is 32.1. The third-order valence-electron chi connectivity index (χ3n) is 4.95. The summed E-state index contributed by atoms with van der Waals surface area (Å²) in [5.41, 5.74) is 3.62. The van der Waals surface area contributed by atoms with Crippen LogP contribution in [-0.4, -0.2) is 42.1 Å². The molecule has 1 fully saturated rings. The van der Waals surface area contributed by atoms with E-state index in [9.17, 15) is 14.9 Å². The lowest BCUT2D eigenvalue weighted by atomic mass is 10.1. The number of carbonyl (C=O) groups excluding carboxylic acids is 1. The van der Waals surface area contributed by atoms with Crippen LogP contribution in [0.25, 0.3) is 10.2 Å². The number of ether oxygens (including phenoxy) is 1. The number of nitro benzene ring substituents is 1. The maximum atomic E-state index is 12.7. The lowest BCUT2D eigenvalue weighted by Crippen LogP contribution is -2.36. The van der Waals surface area contributed by atoms with E-state index in [1.54, 1.807) is 12.1 Å². The first-order valence-electron chi connectivity index (χ1n) is 9.23. The number of nitro groups is 1. The van der Waals surface area contributed by atoms with Gasteiger partial charge in [0.2, 0.25) is 0 Å². The van der Waals surface area contributed by atoms with Crippen molar-refractivity contribution in [2.75, 3.05) is 36.5 Å². The Kier molecular flexibility index (Phi) is 5.16. The molecular weight excluding hydrogens is 392 g/mol. The number of nitrogens with zero attached hydrogens (tertiary/aromatic N) is 3. The minimum atomic E-state index is -0.452. The first-order valence-corrected chi connectivity index (χ1v) is 10.0. The van der Waals surface area contributed by atoms with Crippen molar-refractivity contribution in [2.45, 2.75) is 13.8 Å². The Morgan fingerprint density at radius 1 is 1.21 bits per heavy atom. The van der Waals surface area contributed by atoms with Gasteiger partial charge in [0.25, 0.3) is 11.6 Å². The van der Waals surface area contributed by atoms with Crippen LogP contribution >= 0.6 is 11.3 Å². The molecule has 1 amide bonds. The van der Waals surface area contributed by atoms with Crippen LogP contribution in [0.4, 0.5) is 16.5 Å². The number of amides is 1. The Bertz CT molecular complexity index is 1070. The van der Waals surface area contributed by atoms with Crippen LogP contribution in [0.5, 0.6) is 0 Å². The Labute approximate surface area is 171 Å². The number of hydrogen-bond acceptors (Lipinski definition) is 7. The molecule has 0 atom stereocenters. The number of nitrogens with one attached hydrogen (secondary N) is 1. The molecule has 4 rings (SSSR count). The summed E-state index contributed by atoms with van der Waals surface area (Å²) in [5, 5.41) is 14.8. The van der Waals surface area contributed by atoms with Crippen LogP contribution in [0.3, 0.4) is 0 Å². The summed E-state index contributed by atoms with van der Waals surface area (Å²) >= 11 is 1.40. The van der Waals surface area contributed by atoms with Gasteiger partial charge in [-0.25, -0.2) is 4.98 Å². The van der Waals surface area contributed by atoms with Gasteiger partial charge < -0.3 is 9.64 Å². The Hall–Kier alpha value is -3.04. The van der Waals surface area contributed by atoms with E-state index in [1.165, 1.54) is 17.4 Å². The molecule has 0 bridgehead atoms. The van der Waals surface area contributed by atoms with Gasteiger partial charge in [-0.05, 0) is 37.1 Å². The number of fused-ring (bicyclic) bond motifs is 1. The summed E-state index contributed by atoms with van der Waals surface area (Å²) in [6, 6.07) is 8.58. The fraction of sp³-hybridized carbons (Fsp3) is 0.300. The summed E-state index contributed by atoms with van der Waals surface area (Å²) in [7, 11) is 0. The number of benzene rings is 2. The SMILES string of the molecule is Cc1ccc(C)c2sc(NC(=O)c3ccc(N4CCOCC4)c([N+](=O)[O-])c3)nc12. The normalized spacial score (nSPS) is 14.2. The van der Waals surface area contributed by atoms with Gasteiger partial charge in [0.05, 0.1) is 28.4 Å². The fourth-order valence-electron chi connectivity index (χ4n) is 3.36. The molecule has 3 aromatic rings. The highest BCUT2D eigenvalue weighted by Crippen LogP contribution is 2.32. The second-order valence-corrected chi connectivity index (χ2v) is 7.91. The van der Waals surface area contributed by atoms with Crippen molar-refractivity contribution < 1.29 is 14.5 Å². The van der Waals surface area contributed by atoms with Gasteiger partial charge in [0, 0.05) is 24.7 Å². The summed E-state index contributed by atoms with van der Waals surface area (Å²) in [5.74, 6) is -0.420. The number of morpholine rings is 1. The van der Waals surface area contributed by atoms with E-state index < -0.39 is 10.8 Å². The van der Waals surface area contributed by atoms with Crippen molar-refractivity contribution in [1.29, 1.82) is 0 Å². The van der Waals surface area contributed by atoms with E-state index >= 15 is 0 Å². The lowest BCUT2D eigenvalue weighted by molar-refractivity contribution is -0.384. The monoisotopic (exact) mass is 412 g/mol. The third kappa shape index (κ3) is 3.79. The topological polar surface area (TPSA) is 97.6 Å². The molecule has 150 valence electrons. The number of aryl methyl sites for hydroxylation is 2. The molecular formula is C20H20N4O4S. The Morgan fingerprint density at radius 3 is 2.62 bits per heavy atom. The van der Waals surface area contributed by atoms with Crippen molar-refractivity contribution >= 4 is 44.0 Å². The lowest BCUT2D eigenvalue weighted by Gasteiger charge is -2.28. The van der Waals surface area contributed by atoms with Crippen LogP contribution in [0.1, 0.15) is 21.5 Å². The van der Waals surface area contributed by atoms with Crippen LogP contribution in [0.2, 0.25) is 0 Å². The van der Waals surface area contributed by atoms with E-state index in [2.05, 4.69) is 10.3 Å². The van der Waals surface area contributed by atoms with E-state index in [4.69, 9.17) is 4.74 Å². The summed E-state index contributed by atoms with van der Waals surface area (Å²) in [4.78, 5) is 30.3. The molecule has 2 aromatic carbocycles. The number of thiazole rings is 1. The van der Waals surface area contributed by atoms with Gasteiger partial charge in [-0.2, -0.15) is 0 Å². The maximum Gasteiger partial charge on any atom is 0.293 e. The van der Waals surface area contributed by atoms with Gasteiger partial charge in [0.1, 0.15) is 5.69 Å². The van der Waals surface area contributed by atoms with Crippen LogP contribution in [-0.2, 0) is 4.74 Å². The second-order valence-electron chi connectivity index (χ2n) is 6.91. The maximum absolute atomic E-state index is 12.7. The Balaban J connectivity index is 1.62. The van der Waals surface area contributed by atoms with Crippen LogP contribution in [0.15, 0.2) is 30.3 Å². The average Bonchev–Trinajstić information content (AvgIpc) is 3.16. The van der Waals surface area contributed by atoms with Crippen molar-refractivity contribution in [2.24, 2.45) is 0 Å². The van der Waals surface area contributed by atoms with E-state index in [1.807, 2.05) is 30.9 Å². The van der Waals surface area contributed by atoms with Gasteiger partial charge in [-0.15, -0.1) is 0 Å². The molecule has 1 saturated heterocycles. The highest BCUT2D eigenvalue weighted by Gasteiger charge is 2.23. The standard InChI is InChI=1S/C20H20N4O4S/c1-12-3-4-13(2)18-17(12)21-20(29-18)22-19(25)14-5-6-15(16(11-14)24(26)27)23-7-9-28-10-8-23/h3-6,11H,7-10H2,1-2H3,(H,21,22,25). The minimum absolute atomic E-state index is 0.0875. The Morgan fingerprint density at radius 2 is 1.93 bits per heavy atom. The highest BCUT2D eigenvalue weighted by molar-refractivity contribution is 7.22. The number of hydrogen-bond donors (Lipinski definition) is 1. The van der Waals surface area contributed by atoms with E-state index in [0.29, 0.717) is 37.1 Å². The number of anilines is 2. The smallest absolute Gasteiger partial charge is 0.293 e. The van der Waals surface area contributed by atoms with Crippen molar-refractivity contribution in [3.63, 3.8) is 0 Å². The molecule has 0 spiro atoms. The minimum Gasteiger partial charge on any atom is -0.378 e. The summed E-state index contributed by atoms with van der Waals surface area (Å²) < 4.78 is 6.33. The number of aromatic nitrogens is 1. The predicted octanol–water partition coefficient (Wildman–Crippen LogP) is 3.91. The number of rotatable bonds is 4. The molecule has 2 heterocycles. The van der Waals surface area contributed by atoms with Crippen LogP contribution < -0.4 is 10.2 Å². The summed E-state index contributed by atoms with van der Waals surface area (Å²) in [6.45, 7) is 6.18. The fourth-order valence-corrected chi connectivity index (χ4v) is 4.37. The molecule has 9 heteroatoms. The largest absolute Gasteiger partial charge is 0.378 e. The van der Waals surface area contributed by atoms with Crippen LogP contribution in [0, 0.1) is 24.0 Å². The van der Waals surface area contributed by atoms with Gasteiger partial charge in [-0.1, -0.05) is 23.5 Å². The second kappa shape index (κ2) is 7.76. The molecule has 0 aliphatic carbocycles. The molecule has 1 aliphatic rings. The van der Waals surface area contributed by atoms with Gasteiger partial charge >= 0.3 is 0 Å². The molecule has 29 heavy (non-hydrogen) atoms. The van der Waals surface area contributed by atoms with Crippen molar-refractivity contribution in [3.05, 3.63) is 57.1 Å². The molecule has 0 saturated carbocycles. The van der Waals surface area contributed by atoms with Gasteiger partial charge in [0.15, 0.2) is 5.13 Å². The first-order chi connectivity index (χ1) is 13.9. The zero-order valence-electron chi connectivity index (χ0n) is 16.1. The first kappa shape index (κ1) is 19.3. The molecule has 8 nitrogen and oxygen atoms in total. The predicted molar refractivity (Wildman–Crippen MR) is 113 cm³/mol. The van der Waals surface area contributed by atoms with Crippen molar-refractivity contribution in [3.8, 4) is 0 Å².